The molecular weight excluding hydrogens is 392 g/mol. The Labute approximate surface area is 181 Å². The predicted molar refractivity (Wildman–Crippen MR) is 119 cm³/mol. The van der Waals surface area contributed by atoms with E-state index in [1.54, 1.807) is 18.3 Å². The summed E-state index contributed by atoms with van der Waals surface area (Å²) in [4.78, 5) is 23.5. The van der Waals surface area contributed by atoms with Crippen molar-refractivity contribution in [1.29, 1.82) is 0 Å². The van der Waals surface area contributed by atoms with E-state index in [0.29, 0.717) is 61.6 Å². The van der Waals surface area contributed by atoms with E-state index in [1.165, 1.54) is 0 Å². The lowest BCUT2D eigenvalue weighted by Gasteiger charge is -2.28. The first kappa shape index (κ1) is 21.0. The van der Waals surface area contributed by atoms with Gasteiger partial charge < -0.3 is 14.4 Å². The normalized spacial score (nSPS) is 15.2. The second-order valence-corrected chi connectivity index (χ2v) is 7.83. The molecule has 1 saturated heterocycles. The van der Waals surface area contributed by atoms with Crippen LogP contribution in [0.3, 0.4) is 0 Å². The molecule has 0 unspecified atom stereocenters. The van der Waals surface area contributed by atoms with Crippen molar-refractivity contribution in [2.24, 2.45) is 0 Å². The van der Waals surface area contributed by atoms with Gasteiger partial charge in [-0.1, -0.05) is 12.1 Å². The minimum Gasteiger partial charge on any atom is -0.492 e. The van der Waals surface area contributed by atoms with Gasteiger partial charge in [0.05, 0.1) is 48.6 Å². The fourth-order valence-electron chi connectivity index (χ4n) is 4.21. The number of hydrogen-bond acceptors (Lipinski definition) is 5. The molecule has 160 valence electrons. The predicted octanol–water partition coefficient (Wildman–Crippen LogP) is 3.92. The van der Waals surface area contributed by atoms with Crippen molar-refractivity contribution in [3.63, 3.8) is 0 Å². The number of fused-ring (bicyclic) bond motifs is 1. The first-order valence-electron chi connectivity index (χ1n) is 10.6. The second kappa shape index (κ2) is 8.88. The third-order valence-corrected chi connectivity index (χ3v) is 5.77. The van der Waals surface area contributed by atoms with Gasteiger partial charge in [0, 0.05) is 30.5 Å². The summed E-state index contributed by atoms with van der Waals surface area (Å²) in [6.07, 6.45) is 2.77. The molecular formula is C24H26N4O3. The van der Waals surface area contributed by atoms with E-state index < -0.39 is 0 Å². The number of benzene rings is 1. The van der Waals surface area contributed by atoms with E-state index in [0.717, 1.165) is 16.9 Å². The van der Waals surface area contributed by atoms with Crippen molar-refractivity contribution in [3.8, 4) is 11.4 Å². The molecule has 0 saturated carbocycles. The third-order valence-electron chi connectivity index (χ3n) is 5.77. The number of carbonyl (C=O) groups excluding carboxylic acids is 1. The minimum absolute atomic E-state index is 0.0204. The Morgan fingerprint density at radius 2 is 2.00 bits per heavy atom. The maximum atomic E-state index is 13.4. The highest BCUT2D eigenvalue weighted by atomic mass is 16.5. The van der Waals surface area contributed by atoms with E-state index in [2.05, 4.69) is 14.7 Å². The average Bonchev–Trinajstić information content (AvgIpc) is 3.07. The van der Waals surface area contributed by atoms with E-state index in [4.69, 9.17) is 11.3 Å². The number of nitrogens with zero attached hydrogens (tertiary/aromatic N) is 4. The Morgan fingerprint density at radius 1 is 1.29 bits per heavy atom. The van der Waals surface area contributed by atoms with Crippen LogP contribution < -0.4 is 4.74 Å². The number of aliphatic hydroxyl groups is 1. The molecule has 1 aliphatic heterocycles. The standard InChI is InChI=1S/C24H26N4O3/c1-4-31-20-13-21-24(26-14-20)23(22(30)15-27-11-9-19(29)10-12-27)16(2)28(21)18-7-5-17(25-3)6-8-18/h5-8,13-14,19,29H,4,9-12,15H2,1-2H3. The lowest BCUT2D eigenvalue weighted by atomic mass is 10.1. The van der Waals surface area contributed by atoms with Crippen LogP contribution in [0.15, 0.2) is 36.5 Å². The zero-order chi connectivity index (χ0) is 22.0. The molecule has 31 heavy (non-hydrogen) atoms. The molecule has 3 heterocycles. The number of hydrogen-bond donors (Lipinski definition) is 1. The van der Waals surface area contributed by atoms with Gasteiger partial charge in [-0.25, -0.2) is 9.83 Å². The number of likely N-dealkylation sites (tertiary alicyclic amines) is 1. The van der Waals surface area contributed by atoms with Crippen molar-refractivity contribution >= 4 is 22.5 Å². The first-order valence-corrected chi connectivity index (χ1v) is 10.6. The van der Waals surface area contributed by atoms with Gasteiger partial charge >= 0.3 is 0 Å². The molecule has 0 amide bonds. The SMILES string of the molecule is [C-]#[N+]c1ccc(-n2c(C)c(C(=O)CN3CCC(O)CC3)c3ncc(OCC)cc32)cc1. The number of aromatic nitrogens is 2. The van der Waals surface area contributed by atoms with Crippen molar-refractivity contribution in [2.45, 2.75) is 32.8 Å². The Hall–Kier alpha value is -3.21. The van der Waals surface area contributed by atoms with E-state index in [-0.39, 0.29) is 11.9 Å². The lowest BCUT2D eigenvalue weighted by molar-refractivity contribution is 0.0711. The zero-order valence-electron chi connectivity index (χ0n) is 17.8. The highest BCUT2D eigenvalue weighted by molar-refractivity contribution is 6.09. The molecule has 1 aromatic carbocycles. The molecule has 0 bridgehead atoms. The summed E-state index contributed by atoms with van der Waals surface area (Å²) in [7, 11) is 0. The van der Waals surface area contributed by atoms with Crippen molar-refractivity contribution in [3.05, 3.63) is 59.2 Å². The molecule has 0 radical (unpaired) electrons. The van der Waals surface area contributed by atoms with Gasteiger partial charge in [0.2, 0.25) is 0 Å². The van der Waals surface area contributed by atoms with Crippen molar-refractivity contribution < 1.29 is 14.6 Å². The zero-order valence-corrected chi connectivity index (χ0v) is 17.8. The molecule has 0 aliphatic carbocycles. The summed E-state index contributed by atoms with van der Waals surface area (Å²) >= 11 is 0. The molecule has 1 N–H and O–H groups in total. The number of carbonyl (C=O) groups is 1. The highest BCUT2D eigenvalue weighted by Gasteiger charge is 2.25. The van der Waals surface area contributed by atoms with Gasteiger partial charge in [0.1, 0.15) is 5.75 Å². The molecule has 4 rings (SSSR count). The van der Waals surface area contributed by atoms with Crippen molar-refractivity contribution in [1.82, 2.24) is 14.5 Å². The van der Waals surface area contributed by atoms with Gasteiger partial charge in [-0.05, 0) is 38.8 Å². The van der Waals surface area contributed by atoms with Crippen LogP contribution in [0.4, 0.5) is 5.69 Å². The monoisotopic (exact) mass is 418 g/mol. The fraction of sp³-hybridized carbons (Fsp3) is 0.375. The van der Waals surface area contributed by atoms with Crippen LogP contribution >= 0.6 is 0 Å². The maximum absolute atomic E-state index is 13.4. The number of Topliss-reactive ketones (excluding diaryl/α,β-unsaturated/α-hetero) is 1. The summed E-state index contributed by atoms with van der Waals surface area (Å²) in [5.74, 6) is 0.669. The van der Waals surface area contributed by atoms with Gasteiger partial charge in [0.15, 0.2) is 11.5 Å². The number of aliphatic hydroxyl groups excluding tert-OH is 1. The van der Waals surface area contributed by atoms with Gasteiger partial charge in [-0.3, -0.25) is 9.69 Å². The first-order chi connectivity index (χ1) is 15.0. The van der Waals surface area contributed by atoms with Crippen LogP contribution in [0.25, 0.3) is 21.6 Å². The number of rotatable bonds is 6. The number of ether oxygens (including phenoxy) is 1. The molecule has 0 atom stereocenters. The molecule has 7 nitrogen and oxygen atoms in total. The van der Waals surface area contributed by atoms with E-state index >= 15 is 0 Å². The largest absolute Gasteiger partial charge is 0.492 e. The molecule has 0 spiro atoms. The highest BCUT2D eigenvalue weighted by Crippen LogP contribution is 2.31. The molecule has 3 aromatic rings. The van der Waals surface area contributed by atoms with Crippen LogP contribution in [-0.2, 0) is 0 Å². The third kappa shape index (κ3) is 4.18. The summed E-state index contributed by atoms with van der Waals surface area (Å²) in [6, 6.07) is 9.22. The number of ketones is 1. The number of piperidine rings is 1. The van der Waals surface area contributed by atoms with Gasteiger partial charge in [0.25, 0.3) is 0 Å². The summed E-state index contributed by atoms with van der Waals surface area (Å²) < 4.78 is 7.66. The van der Waals surface area contributed by atoms with Gasteiger partial charge in [-0.2, -0.15) is 0 Å². The number of pyridine rings is 1. The summed E-state index contributed by atoms with van der Waals surface area (Å²) in [5.41, 5.74) is 4.31. The van der Waals surface area contributed by atoms with E-state index in [1.807, 2.05) is 36.6 Å². The lowest BCUT2D eigenvalue weighted by Crippen LogP contribution is -2.39. The fourth-order valence-corrected chi connectivity index (χ4v) is 4.21. The minimum atomic E-state index is -0.271. The Balaban J connectivity index is 1.78. The molecule has 1 fully saturated rings. The van der Waals surface area contributed by atoms with E-state index in [9.17, 15) is 9.90 Å². The molecule has 1 aliphatic rings. The van der Waals surface area contributed by atoms with Crippen LogP contribution in [-0.4, -0.2) is 57.7 Å². The Morgan fingerprint density at radius 3 is 2.65 bits per heavy atom. The molecule has 2 aromatic heterocycles. The Kier molecular flexibility index (Phi) is 6.03. The molecule has 7 heteroatoms. The van der Waals surface area contributed by atoms with Crippen LogP contribution in [0.5, 0.6) is 5.75 Å². The second-order valence-electron chi connectivity index (χ2n) is 7.83. The topological polar surface area (TPSA) is 72.0 Å². The van der Waals surface area contributed by atoms with Crippen LogP contribution in [0, 0.1) is 13.5 Å². The maximum Gasteiger partial charge on any atom is 0.187 e. The van der Waals surface area contributed by atoms with Gasteiger partial charge in [-0.15, -0.1) is 0 Å². The quantitative estimate of drug-likeness (QED) is 0.485. The summed E-state index contributed by atoms with van der Waals surface area (Å²) in [5, 5.41) is 9.74. The van der Waals surface area contributed by atoms with Crippen molar-refractivity contribution in [2.75, 3.05) is 26.2 Å². The van der Waals surface area contributed by atoms with Crippen LogP contribution in [0.2, 0.25) is 0 Å². The smallest absolute Gasteiger partial charge is 0.187 e. The summed E-state index contributed by atoms with van der Waals surface area (Å²) in [6.45, 7) is 13.3. The average molecular weight is 418 g/mol. The van der Waals surface area contributed by atoms with Crippen LogP contribution in [0.1, 0.15) is 35.8 Å². The Bertz CT molecular complexity index is 1140.